The van der Waals surface area contributed by atoms with E-state index in [0.29, 0.717) is 38.5 Å². The summed E-state index contributed by atoms with van der Waals surface area (Å²) >= 11 is 0. The first-order valence-electron chi connectivity index (χ1n) is 40.4. The molecule has 0 amide bonds. The standard InChI is InChI=1S/C87H142O17P2/c1-5-9-13-17-21-25-29-33-37-40-44-47-51-55-59-63-67-71-84(89)97-77-82(103-86(91)73-69-65-61-57-53-49-43-36-32-28-24-20-16-12-8-4)79-101-105(93,94)99-75-81(88)76-100-106(95,96)102-80-83(104-87(92)74-70-66-62-58-54-50-46-42-39-35-31-27-23-19-15-11-7-3)78-98-85(90)72-68-64-60-56-52-48-45-41-38-34-30-26-22-18-14-10-6-2/h9-11,13-15,21-23,25-27,33-35,37-39,44-48,50,56,58,60,62,81-83,88H,5-8,12,16-20,24,28-32,36,40-43,49,51-55,57,59,61,63-80H2,1-4H3,(H,93,94)(H,95,96)/b13-9-,14-10-,15-11-,25-21-,26-22-,27-23-,37-33-,38-34-,39-35-,47-44-,48-45-,50-46-,60-56-,62-58-. The molecule has 0 aromatic heterocycles. The van der Waals surface area contributed by atoms with Gasteiger partial charge in [0.25, 0.3) is 0 Å². The Hall–Kier alpha value is -5.58. The molecular formula is C87H142O17P2. The minimum atomic E-state index is -5.01. The maximum absolute atomic E-state index is 13.1. The van der Waals surface area contributed by atoms with Crippen molar-refractivity contribution in [3.05, 3.63) is 170 Å². The second kappa shape index (κ2) is 77.6. The van der Waals surface area contributed by atoms with Crippen LogP contribution in [-0.2, 0) is 65.4 Å². The van der Waals surface area contributed by atoms with Crippen molar-refractivity contribution in [2.24, 2.45) is 0 Å². The molecule has 0 bridgehead atoms. The Morgan fingerprint density at radius 2 is 0.500 bits per heavy atom. The van der Waals surface area contributed by atoms with E-state index in [9.17, 15) is 43.2 Å². The summed E-state index contributed by atoms with van der Waals surface area (Å²) in [6.07, 6.45) is 92.0. The van der Waals surface area contributed by atoms with Crippen LogP contribution in [0, 0.1) is 0 Å². The summed E-state index contributed by atoms with van der Waals surface area (Å²) in [6.45, 7) is 4.38. The van der Waals surface area contributed by atoms with Crippen LogP contribution in [0.2, 0.25) is 0 Å². The molecule has 602 valence electrons. The lowest BCUT2D eigenvalue weighted by Gasteiger charge is -2.21. The molecule has 0 fully saturated rings. The quantitative estimate of drug-likeness (QED) is 0.0169. The molecule has 0 radical (unpaired) electrons. The van der Waals surface area contributed by atoms with E-state index >= 15 is 0 Å². The number of phosphoric acid groups is 2. The molecule has 0 saturated carbocycles. The van der Waals surface area contributed by atoms with Crippen LogP contribution in [0.3, 0.4) is 0 Å². The Labute approximate surface area is 642 Å². The van der Waals surface area contributed by atoms with Crippen molar-refractivity contribution in [1.29, 1.82) is 0 Å². The van der Waals surface area contributed by atoms with Crippen LogP contribution in [0.25, 0.3) is 0 Å². The van der Waals surface area contributed by atoms with Gasteiger partial charge in [-0.05, 0) is 141 Å². The molecule has 0 rings (SSSR count). The summed E-state index contributed by atoms with van der Waals surface area (Å²) in [7, 11) is -10.0. The van der Waals surface area contributed by atoms with E-state index in [1.54, 1.807) is 0 Å². The summed E-state index contributed by atoms with van der Waals surface area (Å²) in [5, 5.41) is 10.6. The SMILES string of the molecule is CC/C=C\C/C=C\C/C=C\C/C=C\C/C=C\CCCC(=O)OCC(COP(=O)(O)OCC(O)COP(=O)(O)OCC(COC(=O)CCCCCC/C=C\C/C=C\C/C=C\C/C=C\CC)OC(=O)CCCCCCCCCCCCCCCCC)OC(=O)CCC/C=C\C/C=C\C/C=C\C/C=C\C/C=C\CC. The fourth-order valence-corrected chi connectivity index (χ4v) is 11.7. The Morgan fingerprint density at radius 3 is 0.802 bits per heavy atom. The number of hydrogen-bond acceptors (Lipinski definition) is 15. The molecule has 17 nitrogen and oxygen atoms in total. The molecule has 0 spiro atoms. The van der Waals surface area contributed by atoms with Gasteiger partial charge in [-0.3, -0.25) is 37.3 Å². The van der Waals surface area contributed by atoms with Crippen molar-refractivity contribution in [2.45, 2.75) is 316 Å². The highest BCUT2D eigenvalue weighted by Gasteiger charge is 2.30. The summed E-state index contributed by atoms with van der Waals surface area (Å²) in [4.78, 5) is 73.1. The first kappa shape index (κ1) is 100. The highest BCUT2D eigenvalue weighted by atomic mass is 31.2. The average Bonchev–Trinajstić information content (AvgIpc) is 0.902. The zero-order valence-corrected chi connectivity index (χ0v) is 67.6. The Kier molecular flexibility index (Phi) is 73.5. The number of aliphatic hydroxyl groups is 1. The lowest BCUT2D eigenvalue weighted by molar-refractivity contribution is -0.161. The number of esters is 4. The van der Waals surface area contributed by atoms with Gasteiger partial charge in [-0.15, -0.1) is 0 Å². The van der Waals surface area contributed by atoms with Gasteiger partial charge in [0.1, 0.15) is 19.3 Å². The van der Waals surface area contributed by atoms with Gasteiger partial charge >= 0.3 is 39.5 Å². The highest BCUT2D eigenvalue weighted by Crippen LogP contribution is 2.45. The minimum absolute atomic E-state index is 0.00193. The first-order chi connectivity index (χ1) is 51.7. The van der Waals surface area contributed by atoms with E-state index in [4.69, 9.17) is 37.0 Å². The molecule has 5 unspecified atom stereocenters. The number of hydrogen-bond donors (Lipinski definition) is 3. The lowest BCUT2D eigenvalue weighted by atomic mass is 10.0. The van der Waals surface area contributed by atoms with E-state index in [1.165, 1.54) is 64.2 Å². The fraction of sp³-hybridized carbons (Fsp3) is 0.632. The number of carbonyl (C=O) groups excluding carboxylic acids is 4. The average molecular weight is 1520 g/mol. The predicted molar refractivity (Wildman–Crippen MR) is 436 cm³/mol. The van der Waals surface area contributed by atoms with Crippen LogP contribution >= 0.6 is 15.6 Å². The molecule has 0 aliphatic carbocycles. The molecule has 3 N–H and O–H groups in total. The van der Waals surface area contributed by atoms with E-state index in [0.717, 1.165) is 141 Å². The maximum Gasteiger partial charge on any atom is 0.472 e. The molecule has 0 aliphatic heterocycles. The zero-order valence-electron chi connectivity index (χ0n) is 65.8. The van der Waals surface area contributed by atoms with Crippen molar-refractivity contribution in [3.63, 3.8) is 0 Å². The topological polar surface area (TPSA) is 237 Å². The number of rotatable bonds is 74. The minimum Gasteiger partial charge on any atom is -0.462 e. The van der Waals surface area contributed by atoms with Gasteiger partial charge in [0.05, 0.1) is 26.4 Å². The summed E-state index contributed by atoms with van der Waals surface area (Å²) in [6, 6.07) is 0. The predicted octanol–water partition coefficient (Wildman–Crippen LogP) is 23.8. The number of phosphoric ester groups is 2. The lowest BCUT2D eigenvalue weighted by Crippen LogP contribution is -2.30. The van der Waals surface area contributed by atoms with E-state index in [2.05, 4.69) is 174 Å². The largest absolute Gasteiger partial charge is 0.472 e. The molecule has 0 heterocycles. The van der Waals surface area contributed by atoms with E-state index < -0.39 is 97.5 Å². The van der Waals surface area contributed by atoms with Crippen molar-refractivity contribution >= 4 is 39.5 Å². The van der Waals surface area contributed by atoms with Crippen molar-refractivity contribution < 1.29 is 80.2 Å². The van der Waals surface area contributed by atoms with Crippen LogP contribution in [0.5, 0.6) is 0 Å². The molecule has 106 heavy (non-hydrogen) atoms. The van der Waals surface area contributed by atoms with Gasteiger partial charge in [-0.2, -0.15) is 0 Å². The number of aliphatic hydroxyl groups excluding tert-OH is 1. The number of allylic oxidation sites excluding steroid dienone is 28. The van der Waals surface area contributed by atoms with Crippen LogP contribution in [0.1, 0.15) is 297 Å². The van der Waals surface area contributed by atoms with Crippen molar-refractivity contribution in [3.8, 4) is 0 Å². The van der Waals surface area contributed by atoms with Crippen molar-refractivity contribution in [2.75, 3.05) is 39.6 Å². The molecule has 0 aliphatic rings. The number of unbranched alkanes of at least 4 members (excludes halogenated alkanes) is 20. The summed E-state index contributed by atoms with van der Waals surface area (Å²) in [5.41, 5.74) is 0. The molecule has 0 saturated heterocycles. The smallest absolute Gasteiger partial charge is 0.462 e. The monoisotopic (exact) mass is 1520 g/mol. The van der Waals surface area contributed by atoms with Crippen LogP contribution in [0.4, 0.5) is 0 Å². The second-order valence-electron chi connectivity index (χ2n) is 26.2. The Balaban J connectivity index is 5.50. The molecule has 5 atom stereocenters. The van der Waals surface area contributed by atoms with Gasteiger partial charge in [-0.25, -0.2) is 9.13 Å². The van der Waals surface area contributed by atoms with Crippen LogP contribution in [-0.4, -0.2) is 96.7 Å². The normalized spacial score (nSPS) is 14.7. The number of carbonyl (C=O) groups is 4. The van der Waals surface area contributed by atoms with Gasteiger partial charge < -0.3 is 33.8 Å². The summed E-state index contributed by atoms with van der Waals surface area (Å²) < 4.78 is 68.5. The second-order valence-corrected chi connectivity index (χ2v) is 29.1. The third-order valence-corrected chi connectivity index (χ3v) is 18.1. The van der Waals surface area contributed by atoms with Gasteiger partial charge in [0.15, 0.2) is 12.2 Å². The zero-order chi connectivity index (χ0) is 77.4. The Bertz CT molecular complexity index is 2680. The maximum atomic E-state index is 13.1. The molecule has 0 aromatic carbocycles. The van der Waals surface area contributed by atoms with Crippen LogP contribution < -0.4 is 0 Å². The third kappa shape index (κ3) is 76.6. The Morgan fingerprint density at radius 1 is 0.274 bits per heavy atom. The highest BCUT2D eigenvalue weighted by molar-refractivity contribution is 7.47. The molecular weight excluding hydrogens is 1380 g/mol. The van der Waals surface area contributed by atoms with Gasteiger partial charge in [-0.1, -0.05) is 301 Å². The molecule has 19 heteroatoms. The third-order valence-electron chi connectivity index (χ3n) is 16.2. The van der Waals surface area contributed by atoms with Gasteiger partial charge in [0.2, 0.25) is 0 Å². The number of ether oxygens (including phenoxy) is 4. The van der Waals surface area contributed by atoms with Crippen molar-refractivity contribution in [1.82, 2.24) is 0 Å². The first-order valence-corrected chi connectivity index (χ1v) is 43.4. The molecule has 0 aromatic rings. The van der Waals surface area contributed by atoms with Gasteiger partial charge in [0, 0.05) is 25.7 Å². The van der Waals surface area contributed by atoms with Crippen LogP contribution in [0.15, 0.2) is 170 Å². The fourth-order valence-electron chi connectivity index (χ4n) is 10.2. The summed E-state index contributed by atoms with van der Waals surface area (Å²) in [5.74, 6) is -2.34. The van der Waals surface area contributed by atoms with E-state index in [-0.39, 0.29) is 25.7 Å². The van der Waals surface area contributed by atoms with E-state index in [1.807, 2.05) is 24.3 Å².